The van der Waals surface area contributed by atoms with E-state index < -0.39 is 0 Å². The van der Waals surface area contributed by atoms with Gasteiger partial charge in [-0.05, 0) is 36.8 Å². The predicted octanol–water partition coefficient (Wildman–Crippen LogP) is 2.46. The van der Waals surface area contributed by atoms with Crippen molar-refractivity contribution < 1.29 is 14.3 Å². The fourth-order valence-corrected chi connectivity index (χ4v) is 3.83. The highest BCUT2D eigenvalue weighted by Gasteiger charge is 2.36. The Labute approximate surface area is 149 Å². The number of anilines is 1. The van der Waals surface area contributed by atoms with E-state index in [1.165, 1.54) is 11.1 Å². The number of aryl methyl sites for hydroxylation is 2. The van der Waals surface area contributed by atoms with E-state index in [9.17, 15) is 9.59 Å². The number of rotatable bonds is 6. The third kappa shape index (κ3) is 3.87. The molecule has 136 valence electrons. The SMILES string of the molecule is CCc1cccc(CC)c1N1C[C@H](C(=O)NC[C@@H]2CCCO2)CC1=O. The third-order valence-electron chi connectivity index (χ3n) is 5.26. The van der Waals surface area contributed by atoms with Crippen LogP contribution in [0.4, 0.5) is 5.69 Å². The maximum Gasteiger partial charge on any atom is 0.227 e. The minimum absolute atomic E-state index is 0.0293. The second-order valence-electron chi connectivity index (χ2n) is 6.92. The Bertz CT molecular complexity index is 616. The molecule has 0 bridgehead atoms. The molecule has 3 rings (SSSR count). The zero-order valence-corrected chi connectivity index (χ0v) is 15.2. The Balaban J connectivity index is 1.69. The zero-order valence-electron chi connectivity index (χ0n) is 15.2. The van der Waals surface area contributed by atoms with E-state index >= 15 is 0 Å². The molecule has 1 aromatic rings. The first-order chi connectivity index (χ1) is 12.1. The topological polar surface area (TPSA) is 58.6 Å². The summed E-state index contributed by atoms with van der Waals surface area (Å²) in [4.78, 5) is 26.9. The summed E-state index contributed by atoms with van der Waals surface area (Å²) in [6.07, 6.45) is 4.23. The van der Waals surface area contributed by atoms with Gasteiger partial charge < -0.3 is 15.0 Å². The molecular weight excluding hydrogens is 316 g/mol. The summed E-state index contributed by atoms with van der Waals surface area (Å²) in [5, 5.41) is 2.97. The summed E-state index contributed by atoms with van der Waals surface area (Å²) in [7, 11) is 0. The number of para-hydroxylation sites is 1. The summed E-state index contributed by atoms with van der Waals surface area (Å²) in [5.74, 6) is -0.255. The van der Waals surface area contributed by atoms with E-state index in [-0.39, 0.29) is 23.8 Å². The molecule has 2 heterocycles. The molecule has 5 heteroatoms. The summed E-state index contributed by atoms with van der Waals surface area (Å²) in [5.41, 5.74) is 3.37. The lowest BCUT2D eigenvalue weighted by molar-refractivity contribution is -0.126. The van der Waals surface area contributed by atoms with Crippen LogP contribution in [0.5, 0.6) is 0 Å². The minimum Gasteiger partial charge on any atom is -0.376 e. The molecular formula is C20H28N2O3. The van der Waals surface area contributed by atoms with Gasteiger partial charge in [0, 0.05) is 31.8 Å². The summed E-state index contributed by atoms with van der Waals surface area (Å²) in [6, 6.07) is 6.20. The summed E-state index contributed by atoms with van der Waals surface area (Å²) in [6.45, 7) is 6.01. The standard InChI is InChI=1S/C20H28N2O3/c1-3-14-7-5-8-15(4-2)19(14)22-13-16(11-18(22)23)20(24)21-12-17-9-6-10-25-17/h5,7-8,16-17H,3-4,6,9-13H2,1-2H3,(H,21,24)/t16-,17+/m1/s1. The van der Waals surface area contributed by atoms with Crippen molar-refractivity contribution in [3.63, 3.8) is 0 Å². The molecule has 2 saturated heterocycles. The number of ether oxygens (including phenoxy) is 1. The lowest BCUT2D eigenvalue weighted by Crippen LogP contribution is -2.37. The number of nitrogens with one attached hydrogen (secondary N) is 1. The minimum atomic E-state index is -0.275. The van der Waals surface area contributed by atoms with Crippen LogP contribution in [0.25, 0.3) is 0 Å². The van der Waals surface area contributed by atoms with Crippen molar-refractivity contribution >= 4 is 17.5 Å². The van der Waals surface area contributed by atoms with Gasteiger partial charge in [-0.3, -0.25) is 9.59 Å². The molecule has 1 N–H and O–H groups in total. The first-order valence-corrected chi connectivity index (χ1v) is 9.44. The number of carbonyl (C=O) groups excluding carboxylic acids is 2. The van der Waals surface area contributed by atoms with Crippen LogP contribution in [0, 0.1) is 5.92 Å². The van der Waals surface area contributed by atoms with Gasteiger partial charge in [-0.2, -0.15) is 0 Å². The number of nitrogens with zero attached hydrogens (tertiary/aromatic N) is 1. The molecule has 0 radical (unpaired) electrons. The maximum absolute atomic E-state index is 12.6. The largest absolute Gasteiger partial charge is 0.376 e. The molecule has 2 amide bonds. The number of carbonyl (C=O) groups is 2. The fraction of sp³-hybridized carbons (Fsp3) is 0.600. The van der Waals surface area contributed by atoms with Crippen molar-refractivity contribution in [3.8, 4) is 0 Å². The molecule has 5 nitrogen and oxygen atoms in total. The lowest BCUT2D eigenvalue weighted by Gasteiger charge is -2.23. The smallest absolute Gasteiger partial charge is 0.227 e. The van der Waals surface area contributed by atoms with E-state index in [0.29, 0.717) is 19.5 Å². The van der Waals surface area contributed by atoms with Crippen molar-refractivity contribution in [2.24, 2.45) is 5.92 Å². The molecule has 0 unspecified atom stereocenters. The highest BCUT2D eigenvalue weighted by atomic mass is 16.5. The van der Waals surface area contributed by atoms with Gasteiger partial charge in [0.2, 0.25) is 11.8 Å². The molecule has 25 heavy (non-hydrogen) atoms. The number of benzene rings is 1. The van der Waals surface area contributed by atoms with E-state index in [0.717, 1.165) is 38.0 Å². The van der Waals surface area contributed by atoms with Crippen molar-refractivity contribution in [1.82, 2.24) is 5.32 Å². The van der Waals surface area contributed by atoms with Crippen molar-refractivity contribution in [1.29, 1.82) is 0 Å². The molecule has 2 atom stereocenters. The van der Waals surface area contributed by atoms with Crippen LogP contribution >= 0.6 is 0 Å². The first-order valence-electron chi connectivity index (χ1n) is 9.44. The molecule has 0 aromatic heterocycles. The number of hydrogen-bond acceptors (Lipinski definition) is 3. The molecule has 2 aliphatic rings. The van der Waals surface area contributed by atoms with Crippen LogP contribution in [0.3, 0.4) is 0 Å². The van der Waals surface area contributed by atoms with Gasteiger partial charge in [-0.1, -0.05) is 32.0 Å². The van der Waals surface area contributed by atoms with E-state index in [1.807, 2.05) is 11.0 Å². The quantitative estimate of drug-likeness (QED) is 0.862. The maximum atomic E-state index is 12.6. The third-order valence-corrected chi connectivity index (χ3v) is 5.26. The number of hydrogen-bond donors (Lipinski definition) is 1. The normalized spacial score (nSPS) is 23.3. The zero-order chi connectivity index (χ0) is 17.8. The van der Waals surface area contributed by atoms with Gasteiger partial charge in [0.1, 0.15) is 0 Å². The van der Waals surface area contributed by atoms with Crippen LogP contribution in [0.2, 0.25) is 0 Å². The van der Waals surface area contributed by atoms with Gasteiger partial charge in [-0.25, -0.2) is 0 Å². The van der Waals surface area contributed by atoms with Gasteiger partial charge in [0.25, 0.3) is 0 Å². The van der Waals surface area contributed by atoms with Crippen molar-refractivity contribution in [2.45, 2.75) is 52.1 Å². The van der Waals surface area contributed by atoms with Gasteiger partial charge in [0.05, 0.1) is 12.0 Å². The summed E-state index contributed by atoms with van der Waals surface area (Å²) >= 11 is 0. The van der Waals surface area contributed by atoms with Crippen LogP contribution < -0.4 is 10.2 Å². The Kier molecular flexibility index (Phi) is 5.74. The molecule has 0 aliphatic carbocycles. The van der Waals surface area contributed by atoms with Crippen LogP contribution in [0.15, 0.2) is 18.2 Å². The highest BCUT2D eigenvalue weighted by molar-refractivity contribution is 6.01. The van der Waals surface area contributed by atoms with Gasteiger partial charge >= 0.3 is 0 Å². The van der Waals surface area contributed by atoms with Crippen molar-refractivity contribution in [2.75, 3.05) is 24.6 Å². The van der Waals surface area contributed by atoms with Gasteiger partial charge in [-0.15, -0.1) is 0 Å². The molecule has 0 saturated carbocycles. The van der Waals surface area contributed by atoms with Crippen LogP contribution in [-0.2, 0) is 27.2 Å². The Morgan fingerprint density at radius 3 is 2.60 bits per heavy atom. The number of amides is 2. The van der Waals surface area contributed by atoms with E-state index in [2.05, 4.69) is 31.3 Å². The Hall–Kier alpha value is -1.88. The second-order valence-corrected chi connectivity index (χ2v) is 6.92. The molecule has 1 aromatic carbocycles. The Morgan fingerprint density at radius 1 is 1.28 bits per heavy atom. The monoisotopic (exact) mass is 344 g/mol. The van der Waals surface area contributed by atoms with Crippen LogP contribution in [0.1, 0.15) is 44.2 Å². The lowest BCUT2D eigenvalue weighted by atomic mass is 10.0. The van der Waals surface area contributed by atoms with E-state index in [4.69, 9.17) is 4.74 Å². The van der Waals surface area contributed by atoms with Gasteiger partial charge in [0.15, 0.2) is 0 Å². The summed E-state index contributed by atoms with van der Waals surface area (Å²) < 4.78 is 5.55. The van der Waals surface area contributed by atoms with E-state index in [1.54, 1.807) is 0 Å². The Morgan fingerprint density at radius 2 is 2.00 bits per heavy atom. The predicted molar refractivity (Wildman–Crippen MR) is 97.6 cm³/mol. The highest BCUT2D eigenvalue weighted by Crippen LogP contribution is 2.32. The van der Waals surface area contributed by atoms with Crippen molar-refractivity contribution in [3.05, 3.63) is 29.3 Å². The van der Waals surface area contributed by atoms with Crippen LogP contribution in [-0.4, -0.2) is 37.6 Å². The fourth-order valence-electron chi connectivity index (χ4n) is 3.83. The molecule has 2 fully saturated rings. The second kappa shape index (κ2) is 8.00. The molecule has 0 spiro atoms. The average molecular weight is 344 g/mol. The first kappa shape index (κ1) is 17.9. The molecule has 2 aliphatic heterocycles. The average Bonchev–Trinajstić information content (AvgIpc) is 3.28.